The zero-order chi connectivity index (χ0) is 25.0. The van der Waals surface area contributed by atoms with Crippen molar-refractivity contribution >= 4 is 48.2 Å². The lowest BCUT2D eigenvalue weighted by atomic mass is 10.0. The van der Waals surface area contributed by atoms with Gasteiger partial charge in [-0.25, -0.2) is 4.79 Å². The van der Waals surface area contributed by atoms with Crippen molar-refractivity contribution in [2.75, 3.05) is 5.75 Å². The average molecular weight is 478 g/mol. The van der Waals surface area contributed by atoms with Crippen LogP contribution in [0.3, 0.4) is 0 Å². The molecule has 0 rings (SSSR count). The second-order valence-corrected chi connectivity index (χ2v) is 7.91. The third-order valence-electron chi connectivity index (χ3n) is 4.18. The summed E-state index contributed by atoms with van der Waals surface area (Å²) < 4.78 is 0. The maximum absolute atomic E-state index is 12.7. The molecular weight excluding hydrogens is 446 g/mol. The van der Waals surface area contributed by atoms with Crippen LogP contribution in [0.1, 0.15) is 39.5 Å². The molecule has 9 N–H and O–H groups in total. The van der Waals surface area contributed by atoms with E-state index in [1.165, 1.54) is 0 Å². The number of hydrogen-bond acceptors (Lipinski definition) is 8. The first-order valence-corrected chi connectivity index (χ1v) is 10.4. The Morgan fingerprint density at radius 2 is 1.38 bits per heavy atom. The van der Waals surface area contributed by atoms with Crippen LogP contribution in [0.4, 0.5) is 0 Å². The molecule has 0 spiro atoms. The Morgan fingerprint density at radius 1 is 0.875 bits per heavy atom. The van der Waals surface area contributed by atoms with E-state index in [0.717, 1.165) is 0 Å². The van der Waals surface area contributed by atoms with E-state index in [-0.39, 0.29) is 30.9 Å². The van der Waals surface area contributed by atoms with Gasteiger partial charge in [0, 0.05) is 12.2 Å². The highest BCUT2D eigenvalue weighted by Crippen LogP contribution is 2.07. The molecule has 0 fully saturated rings. The number of nitrogens with one attached hydrogen (secondary N) is 3. The summed E-state index contributed by atoms with van der Waals surface area (Å²) in [5, 5.41) is 25.1. The topological polar surface area (TPSA) is 231 Å². The zero-order valence-corrected chi connectivity index (χ0v) is 18.8. The standard InChI is InChI=1S/C18H31N5O8S/c1-8(2)5-12(18(30)31)23-17(29)11(6-14(25)26)22-16(28)10(3-4-13(20)24)21-15(27)9(19)7-32/h8-12,32H,3-7,19H2,1-2H3,(H2,20,24)(H,21,27)(H,22,28)(H,23,29)(H,25,26)(H,30,31). The van der Waals surface area contributed by atoms with Crippen molar-refractivity contribution in [3.8, 4) is 0 Å². The molecule has 13 nitrogen and oxygen atoms in total. The average Bonchev–Trinajstić information content (AvgIpc) is 2.67. The lowest BCUT2D eigenvalue weighted by Crippen LogP contribution is -2.57. The molecule has 0 radical (unpaired) electrons. The van der Waals surface area contributed by atoms with E-state index < -0.39 is 66.2 Å². The molecule has 0 aliphatic rings. The minimum atomic E-state index is -1.64. The van der Waals surface area contributed by atoms with Gasteiger partial charge in [-0.1, -0.05) is 13.8 Å². The van der Waals surface area contributed by atoms with Crippen molar-refractivity contribution < 1.29 is 39.0 Å². The summed E-state index contributed by atoms with van der Waals surface area (Å²) in [5.41, 5.74) is 10.6. The van der Waals surface area contributed by atoms with Crippen LogP contribution in [0.25, 0.3) is 0 Å². The summed E-state index contributed by atoms with van der Waals surface area (Å²) in [5.74, 6) is -6.39. The molecule has 0 bridgehead atoms. The Morgan fingerprint density at radius 3 is 1.81 bits per heavy atom. The van der Waals surface area contributed by atoms with E-state index in [1.54, 1.807) is 13.8 Å². The molecule has 4 unspecified atom stereocenters. The van der Waals surface area contributed by atoms with Crippen LogP contribution in [0.5, 0.6) is 0 Å². The number of primary amides is 1. The zero-order valence-electron chi connectivity index (χ0n) is 17.9. The second kappa shape index (κ2) is 14.2. The quantitative estimate of drug-likeness (QED) is 0.117. The van der Waals surface area contributed by atoms with Crippen LogP contribution in [-0.2, 0) is 28.8 Å². The number of carboxylic acid groups (broad SMARTS) is 2. The maximum Gasteiger partial charge on any atom is 0.326 e. The van der Waals surface area contributed by atoms with Crippen LogP contribution in [-0.4, -0.2) is 75.7 Å². The summed E-state index contributed by atoms with van der Waals surface area (Å²) >= 11 is 3.88. The summed E-state index contributed by atoms with van der Waals surface area (Å²) in [6, 6.07) is -5.35. The fraction of sp³-hybridized carbons (Fsp3) is 0.667. The van der Waals surface area contributed by atoms with E-state index in [9.17, 15) is 33.9 Å². The highest BCUT2D eigenvalue weighted by Gasteiger charge is 2.31. The lowest BCUT2D eigenvalue weighted by Gasteiger charge is -2.24. The Hall–Kier alpha value is -2.87. The molecule has 0 aliphatic heterocycles. The lowest BCUT2D eigenvalue weighted by molar-refractivity contribution is -0.144. The Bertz CT molecular complexity index is 717. The molecule has 0 heterocycles. The van der Waals surface area contributed by atoms with Crippen molar-refractivity contribution in [1.82, 2.24) is 16.0 Å². The Kier molecular flexibility index (Phi) is 13.0. The molecule has 4 amide bonds. The van der Waals surface area contributed by atoms with Gasteiger partial charge in [0.2, 0.25) is 23.6 Å². The molecule has 0 aromatic heterocycles. The highest BCUT2D eigenvalue weighted by molar-refractivity contribution is 7.80. The predicted molar refractivity (Wildman–Crippen MR) is 115 cm³/mol. The summed E-state index contributed by atoms with van der Waals surface area (Å²) in [6.45, 7) is 3.47. The van der Waals surface area contributed by atoms with Gasteiger partial charge in [0.05, 0.1) is 12.5 Å². The molecule has 4 atom stereocenters. The van der Waals surface area contributed by atoms with Crippen LogP contribution < -0.4 is 27.4 Å². The smallest absolute Gasteiger partial charge is 0.326 e. The van der Waals surface area contributed by atoms with Crippen LogP contribution in [0, 0.1) is 5.92 Å². The van der Waals surface area contributed by atoms with Crippen molar-refractivity contribution in [1.29, 1.82) is 0 Å². The van der Waals surface area contributed by atoms with Crippen LogP contribution in [0.2, 0.25) is 0 Å². The Balaban J connectivity index is 5.53. The first-order valence-electron chi connectivity index (χ1n) is 9.78. The van der Waals surface area contributed by atoms with Gasteiger partial charge in [-0.3, -0.25) is 24.0 Å². The van der Waals surface area contributed by atoms with Gasteiger partial charge < -0.3 is 37.6 Å². The van der Waals surface area contributed by atoms with E-state index >= 15 is 0 Å². The van der Waals surface area contributed by atoms with Crippen LogP contribution >= 0.6 is 12.6 Å². The third-order valence-corrected chi connectivity index (χ3v) is 4.57. The first-order chi connectivity index (χ1) is 14.8. The maximum atomic E-state index is 12.7. The van der Waals surface area contributed by atoms with Crippen molar-refractivity contribution in [2.24, 2.45) is 17.4 Å². The predicted octanol–water partition coefficient (Wildman–Crippen LogP) is -2.43. The van der Waals surface area contributed by atoms with Gasteiger partial charge in [0.15, 0.2) is 0 Å². The number of thiol groups is 1. The van der Waals surface area contributed by atoms with Gasteiger partial charge >= 0.3 is 11.9 Å². The Labute approximate surface area is 190 Å². The number of carbonyl (C=O) groups excluding carboxylic acids is 4. The number of rotatable bonds is 15. The molecule has 0 aliphatic carbocycles. The summed E-state index contributed by atoms with van der Waals surface area (Å²) in [4.78, 5) is 70.9. The van der Waals surface area contributed by atoms with Gasteiger partial charge in [0.1, 0.15) is 18.1 Å². The molecule has 0 aromatic carbocycles. The fourth-order valence-corrected chi connectivity index (χ4v) is 2.70. The normalized spacial score (nSPS) is 14.5. The molecule has 0 aromatic rings. The van der Waals surface area contributed by atoms with Crippen molar-refractivity contribution in [3.63, 3.8) is 0 Å². The highest BCUT2D eigenvalue weighted by atomic mass is 32.1. The van der Waals surface area contributed by atoms with Gasteiger partial charge in [-0.15, -0.1) is 0 Å². The van der Waals surface area contributed by atoms with E-state index in [2.05, 4.69) is 28.6 Å². The van der Waals surface area contributed by atoms with E-state index in [4.69, 9.17) is 16.6 Å². The minimum absolute atomic E-state index is 0.0353. The molecule has 14 heteroatoms. The monoisotopic (exact) mass is 477 g/mol. The van der Waals surface area contributed by atoms with Gasteiger partial charge in [0.25, 0.3) is 0 Å². The SMILES string of the molecule is CC(C)CC(NC(=O)C(CC(=O)O)NC(=O)C(CCC(N)=O)NC(=O)C(N)CS)C(=O)O. The molecule has 32 heavy (non-hydrogen) atoms. The number of amides is 4. The second-order valence-electron chi connectivity index (χ2n) is 7.54. The van der Waals surface area contributed by atoms with Crippen LogP contribution in [0.15, 0.2) is 0 Å². The van der Waals surface area contributed by atoms with Crippen molar-refractivity contribution in [3.05, 3.63) is 0 Å². The number of hydrogen-bond donors (Lipinski definition) is 8. The summed E-state index contributed by atoms with van der Waals surface area (Å²) in [6.07, 6.45) is -1.30. The molecule has 182 valence electrons. The minimum Gasteiger partial charge on any atom is -0.481 e. The number of carbonyl (C=O) groups is 6. The third kappa shape index (κ3) is 11.5. The molecule has 0 saturated heterocycles. The van der Waals surface area contributed by atoms with E-state index in [1.807, 2.05) is 0 Å². The number of aliphatic carboxylic acids is 2. The van der Waals surface area contributed by atoms with E-state index in [0.29, 0.717) is 0 Å². The fourth-order valence-electron chi connectivity index (χ4n) is 2.54. The van der Waals surface area contributed by atoms with Crippen molar-refractivity contribution in [2.45, 2.75) is 63.7 Å². The number of nitrogens with two attached hydrogens (primary N) is 2. The first kappa shape index (κ1) is 29.1. The summed E-state index contributed by atoms with van der Waals surface area (Å²) in [7, 11) is 0. The molecule has 0 saturated carbocycles. The largest absolute Gasteiger partial charge is 0.481 e. The molecular formula is C18H31N5O8S. The number of carboxylic acids is 2. The van der Waals surface area contributed by atoms with Gasteiger partial charge in [-0.05, 0) is 18.8 Å². The van der Waals surface area contributed by atoms with Gasteiger partial charge in [-0.2, -0.15) is 12.6 Å².